The first kappa shape index (κ1) is 14.6. The van der Waals surface area contributed by atoms with Gasteiger partial charge in [0, 0.05) is 24.4 Å². The normalized spacial score (nSPS) is 16.0. The molecule has 0 radical (unpaired) electrons. The van der Waals surface area contributed by atoms with Crippen LogP contribution in [0, 0.1) is 22.0 Å². The Morgan fingerprint density at radius 1 is 1.35 bits per heavy atom. The van der Waals surface area contributed by atoms with Crippen molar-refractivity contribution in [1.82, 2.24) is 0 Å². The molecule has 0 spiro atoms. The van der Waals surface area contributed by atoms with Gasteiger partial charge in [0.15, 0.2) is 0 Å². The molecular formula is C15H22N2O3. The highest BCUT2D eigenvalue weighted by Crippen LogP contribution is 2.36. The Hall–Kier alpha value is -1.78. The zero-order chi connectivity index (χ0) is 14.7. The summed E-state index contributed by atoms with van der Waals surface area (Å²) in [7, 11) is 0. The monoisotopic (exact) mass is 278 g/mol. The van der Waals surface area contributed by atoms with Gasteiger partial charge >= 0.3 is 0 Å². The minimum Gasteiger partial charge on any atom is -0.491 e. The van der Waals surface area contributed by atoms with E-state index in [9.17, 15) is 10.1 Å². The van der Waals surface area contributed by atoms with Gasteiger partial charge in [-0.3, -0.25) is 10.1 Å². The SMILES string of the molecule is CC(C)Oc1cc(NCC(C)C2CC2)cc([N+](=O)[O-])c1. The first-order chi connectivity index (χ1) is 9.45. The van der Waals surface area contributed by atoms with Gasteiger partial charge in [0.2, 0.25) is 0 Å². The summed E-state index contributed by atoms with van der Waals surface area (Å²) in [6, 6.07) is 4.86. The van der Waals surface area contributed by atoms with E-state index in [1.165, 1.54) is 18.9 Å². The van der Waals surface area contributed by atoms with Crippen LogP contribution in [0.3, 0.4) is 0 Å². The standard InChI is InChI=1S/C15H22N2O3/c1-10(2)20-15-7-13(6-14(8-15)17(18)19)16-9-11(3)12-4-5-12/h6-8,10-12,16H,4-5,9H2,1-3H3. The third-order valence-electron chi connectivity index (χ3n) is 3.53. The maximum atomic E-state index is 11.0. The van der Waals surface area contributed by atoms with Gasteiger partial charge in [-0.2, -0.15) is 0 Å². The zero-order valence-corrected chi connectivity index (χ0v) is 12.3. The minimum absolute atomic E-state index is 0.00441. The number of hydrogen-bond donors (Lipinski definition) is 1. The predicted octanol–water partition coefficient (Wildman–Crippen LogP) is 3.84. The Morgan fingerprint density at radius 3 is 2.60 bits per heavy atom. The summed E-state index contributed by atoms with van der Waals surface area (Å²) in [6.45, 7) is 6.86. The van der Waals surface area contributed by atoms with Crippen LogP contribution in [-0.4, -0.2) is 17.6 Å². The zero-order valence-electron chi connectivity index (χ0n) is 12.3. The summed E-state index contributed by atoms with van der Waals surface area (Å²) in [5, 5.41) is 14.3. The third-order valence-corrected chi connectivity index (χ3v) is 3.53. The number of nitro groups is 1. The van der Waals surface area contributed by atoms with Crippen LogP contribution in [-0.2, 0) is 0 Å². The number of hydrogen-bond acceptors (Lipinski definition) is 4. The average molecular weight is 278 g/mol. The van der Waals surface area contributed by atoms with Crippen LogP contribution in [0.1, 0.15) is 33.6 Å². The van der Waals surface area contributed by atoms with E-state index < -0.39 is 0 Å². The number of anilines is 1. The molecule has 1 fully saturated rings. The molecule has 0 bridgehead atoms. The molecule has 0 heterocycles. The number of nitrogens with zero attached hydrogens (tertiary/aromatic N) is 1. The van der Waals surface area contributed by atoms with Gasteiger partial charge in [0.1, 0.15) is 5.75 Å². The summed E-state index contributed by atoms with van der Waals surface area (Å²) >= 11 is 0. The van der Waals surface area contributed by atoms with Crippen LogP contribution in [0.5, 0.6) is 5.75 Å². The van der Waals surface area contributed by atoms with Crippen molar-refractivity contribution in [2.24, 2.45) is 11.8 Å². The van der Waals surface area contributed by atoms with E-state index in [4.69, 9.17) is 4.74 Å². The van der Waals surface area contributed by atoms with Crippen LogP contribution < -0.4 is 10.1 Å². The molecule has 1 aliphatic rings. The lowest BCUT2D eigenvalue weighted by molar-refractivity contribution is -0.384. The van der Waals surface area contributed by atoms with E-state index in [1.54, 1.807) is 6.07 Å². The average Bonchev–Trinajstić information content (AvgIpc) is 3.19. The van der Waals surface area contributed by atoms with Crippen molar-refractivity contribution in [3.8, 4) is 5.75 Å². The van der Waals surface area contributed by atoms with E-state index in [0.29, 0.717) is 11.7 Å². The van der Waals surface area contributed by atoms with Gasteiger partial charge < -0.3 is 10.1 Å². The molecule has 20 heavy (non-hydrogen) atoms. The van der Waals surface area contributed by atoms with Crippen molar-refractivity contribution >= 4 is 11.4 Å². The van der Waals surface area contributed by atoms with Crippen LogP contribution in [0.2, 0.25) is 0 Å². The number of non-ortho nitro benzene ring substituents is 1. The second kappa shape index (κ2) is 6.11. The maximum absolute atomic E-state index is 11.0. The molecule has 0 aromatic heterocycles. The smallest absolute Gasteiger partial charge is 0.275 e. The quantitative estimate of drug-likeness (QED) is 0.608. The fourth-order valence-electron chi connectivity index (χ4n) is 2.24. The predicted molar refractivity (Wildman–Crippen MR) is 79.2 cm³/mol. The summed E-state index contributed by atoms with van der Waals surface area (Å²) in [6.07, 6.45) is 2.61. The maximum Gasteiger partial charge on any atom is 0.275 e. The second-order valence-corrected chi connectivity index (χ2v) is 5.83. The van der Waals surface area contributed by atoms with E-state index in [2.05, 4.69) is 12.2 Å². The second-order valence-electron chi connectivity index (χ2n) is 5.83. The lowest BCUT2D eigenvalue weighted by Gasteiger charge is -2.15. The molecule has 1 aliphatic carbocycles. The highest BCUT2D eigenvalue weighted by molar-refractivity contribution is 5.56. The largest absolute Gasteiger partial charge is 0.491 e. The molecule has 1 unspecified atom stereocenters. The fraction of sp³-hybridized carbons (Fsp3) is 0.600. The molecule has 0 amide bonds. The van der Waals surface area contributed by atoms with Crippen molar-refractivity contribution in [3.05, 3.63) is 28.3 Å². The lowest BCUT2D eigenvalue weighted by Crippen LogP contribution is -2.13. The number of nitrogens with one attached hydrogen (secondary N) is 1. The summed E-state index contributed by atoms with van der Waals surface area (Å²) < 4.78 is 5.57. The topological polar surface area (TPSA) is 64.4 Å². The molecule has 1 aromatic carbocycles. The first-order valence-corrected chi connectivity index (χ1v) is 7.15. The molecule has 5 nitrogen and oxygen atoms in total. The third kappa shape index (κ3) is 4.11. The van der Waals surface area contributed by atoms with Crippen LogP contribution in [0.4, 0.5) is 11.4 Å². The van der Waals surface area contributed by atoms with Gasteiger partial charge in [-0.15, -0.1) is 0 Å². The summed E-state index contributed by atoms with van der Waals surface area (Å²) in [5.41, 5.74) is 0.812. The van der Waals surface area contributed by atoms with Crippen molar-refractivity contribution in [2.75, 3.05) is 11.9 Å². The Kier molecular flexibility index (Phi) is 4.47. The van der Waals surface area contributed by atoms with Gasteiger partial charge in [0.25, 0.3) is 5.69 Å². The molecule has 0 saturated heterocycles. The Balaban J connectivity index is 2.08. The highest BCUT2D eigenvalue weighted by Gasteiger charge is 2.27. The number of ether oxygens (including phenoxy) is 1. The fourth-order valence-corrected chi connectivity index (χ4v) is 2.24. The van der Waals surface area contributed by atoms with E-state index in [0.717, 1.165) is 18.2 Å². The van der Waals surface area contributed by atoms with Gasteiger partial charge in [-0.25, -0.2) is 0 Å². The van der Waals surface area contributed by atoms with Crippen molar-refractivity contribution in [3.63, 3.8) is 0 Å². The first-order valence-electron chi connectivity index (χ1n) is 7.15. The van der Waals surface area contributed by atoms with E-state index in [1.807, 2.05) is 19.9 Å². The molecule has 1 aromatic rings. The molecule has 110 valence electrons. The van der Waals surface area contributed by atoms with E-state index in [-0.39, 0.29) is 16.7 Å². The summed E-state index contributed by atoms with van der Waals surface area (Å²) in [4.78, 5) is 10.6. The highest BCUT2D eigenvalue weighted by atomic mass is 16.6. The van der Waals surface area contributed by atoms with Gasteiger partial charge in [-0.05, 0) is 38.5 Å². The minimum atomic E-state index is -0.386. The number of benzene rings is 1. The summed E-state index contributed by atoms with van der Waals surface area (Å²) in [5.74, 6) is 1.95. The van der Waals surface area contributed by atoms with Crippen LogP contribution in [0.25, 0.3) is 0 Å². The molecule has 2 rings (SSSR count). The van der Waals surface area contributed by atoms with Crippen LogP contribution in [0.15, 0.2) is 18.2 Å². The molecule has 5 heteroatoms. The van der Waals surface area contributed by atoms with Crippen molar-refractivity contribution < 1.29 is 9.66 Å². The lowest BCUT2D eigenvalue weighted by atomic mass is 10.1. The Bertz CT molecular complexity index is 484. The molecule has 1 N–H and O–H groups in total. The van der Waals surface area contributed by atoms with E-state index >= 15 is 0 Å². The van der Waals surface area contributed by atoms with Gasteiger partial charge in [-0.1, -0.05) is 6.92 Å². The molecule has 0 aliphatic heterocycles. The Labute approximate surface area is 119 Å². The van der Waals surface area contributed by atoms with Crippen molar-refractivity contribution in [1.29, 1.82) is 0 Å². The van der Waals surface area contributed by atoms with Gasteiger partial charge in [0.05, 0.1) is 17.1 Å². The van der Waals surface area contributed by atoms with Crippen molar-refractivity contribution in [2.45, 2.75) is 39.7 Å². The van der Waals surface area contributed by atoms with Crippen LogP contribution >= 0.6 is 0 Å². The molecule has 1 saturated carbocycles. The Morgan fingerprint density at radius 2 is 2.05 bits per heavy atom. The number of nitro benzene ring substituents is 1. The number of rotatable bonds is 7. The molecular weight excluding hydrogens is 256 g/mol. The molecule has 1 atom stereocenters.